The number of hydrogen-bond acceptors (Lipinski definition) is 2. The molecule has 2 aromatic rings. The van der Waals surface area contributed by atoms with Crippen molar-refractivity contribution in [2.24, 2.45) is 4.99 Å². The zero-order valence-electron chi connectivity index (χ0n) is 12.3. The van der Waals surface area contributed by atoms with Crippen LogP contribution in [0.4, 0.5) is 5.69 Å². The maximum Gasteiger partial charge on any atom is 0.336 e. The molecule has 1 heterocycles. The van der Waals surface area contributed by atoms with E-state index in [1.165, 1.54) is 16.7 Å². The van der Waals surface area contributed by atoms with E-state index in [1.54, 1.807) is 6.07 Å². The summed E-state index contributed by atoms with van der Waals surface area (Å²) in [6.45, 7) is 1.91. The Labute approximate surface area is 128 Å². The van der Waals surface area contributed by atoms with E-state index in [-0.39, 0.29) is 0 Å². The Morgan fingerprint density at radius 1 is 1.18 bits per heavy atom. The zero-order valence-corrected chi connectivity index (χ0v) is 12.3. The fourth-order valence-electron chi connectivity index (χ4n) is 3.28. The molecule has 0 saturated heterocycles. The normalized spacial score (nSPS) is 15.1. The molecule has 0 aromatic heterocycles. The molecule has 0 spiro atoms. The first-order valence-electron chi connectivity index (χ1n) is 7.35. The summed E-state index contributed by atoms with van der Waals surface area (Å²) in [5.41, 5.74) is 7.71. The molecule has 0 bridgehead atoms. The van der Waals surface area contributed by atoms with Crippen molar-refractivity contribution in [2.75, 3.05) is 0 Å². The number of aromatic carboxylic acids is 1. The number of carbonyl (C=O) groups is 1. The average molecular weight is 289 g/mol. The lowest BCUT2D eigenvalue weighted by Gasteiger charge is -2.05. The summed E-state index contributed by atoms with van der Waals surface area (Å²) in [6, 6.07) is 12.0. The molecule has 2 aromatic carbocycles. The number of aliphatic imine (C=N–C) groups is 1. The molecule has 1 N–H and O–H groups in total. The number of hydrogen-bond donors (Lipinski definition) is 1. The van der Waals surface area contributed by atoms with Crippen molar-refractivity contribution in [3.63, 3.8) is 0 Å². The molecule has 1 aliphatic carbocycles. The minimum absolute atomic E-state index is 0.380. The van der Waals surface area contributed by atoms with Crippen molar-refractivity contribution in [3.05, 3.63) is 69.8 Å². The lowest BCUT2D eigenvalue weighted by molar-refractivity contribution is 0.0696. The number of carboxylic acid groups (broad SMARTS) is 1. The minimum Gasteiger partial charge on any atom is -0.478 e. The minimum atomic E-state index is -0.875. The number of nitrogens with zero attached hydrogens (tertiary/aromatic N) is 1. The van der Waals surface area contributed by atoms with Gasteiger partial charge in [-0.15, -0.1) is 0 Å². The quantitative estimate of drug-likeness (QED) is 0.909. The highest BCUT2D eigenvalue weighted by atomic mass is 16.4. The smallest absolute Gasteiger partial charge is 0.336 e. The molecule has 2 aliphatic rings. The first-order chi connectivity index (χ1) is 10.6. The third-order valence-corrected chi connectivity index (χ3v) is 4.34. The lowest BCUT2D eigenvalue weighted by Crippen LogP contribution is -2.07. The van der Waals surface area contributed by atoms with Gasteiger partial charge in [-0.25, -0.2) is 4.79 Å². The molecule has 1 aliphatic heterocycles. The maximum atomic E-state index is 11.5. The fraction of sp³-hybridized carbons (Fsp3) is 0.158. The van der Waals surface area contributed by atoms with E-state index in [9.17, 15) is 9.90 Å². The van der Waals surface area contributed by atoms with E-state index in [0.717, 1.165) is 28.9 Å². The van der Waals surface area contributed by atoms with Crippen molar-refractivity contribution in [1.29, 1.82) is 0 Å². The van der Waals surface area contributed by atoms with Crippen LogP contribution in [0.3, 0.4) is 0 Å². The molecule has 0 unspecified atom stereocenters. The van der Waals surface area contributed by atoms with E-state index in [1.807, 2.05) is 25.1 Å². The van der Waals surface area contributed by atoms with Gasteiger partial charge < -0.3 is 5.11 Å². The van der Waals surface area contributed by atoms with Crippen LogP contribution in [0.5, 0.6) is 0 Å². The van der Waals surface area contributed by atoms with Crippen LogP contribution in [-0.4, -0.2) is 16.8 Å². The molecule has 0 saturated carbocycles. The third kappa shape index (κ3) is 1.98. The largest absolute Gasteiger partial charge is 0.478 e. The average Bonchev–Trinajstić information content (AvgIpc) is 3.09. The molecular formula is C19H15NO2. The molecule has 4 rings (SSSR count). The Morgan fingerprint density at radius 2 is 2.00 bits per heavy atom. The van der Waals surface area contributed by atoms with Gasteiger partial charge in [0, 0.05) is 12.1 Å². The van der Waals surface area contributed by atoms with E-state index in [2.05, 4.69) is 18.2 Å². The van der Waals surface area contributed by atoms with Crippen LogP contribution < -0.4 is 0 Å². The Hall–Kier alpha value is -2.68. The molecule has 22 heavy (non-hydrogen) atoms. The van der Waals surface area contributed by atoms with Gasteiger partial charge in [-0.3, -0.25) is 4.99 Å². The van der Waals surface area contributed by atoms with Crippen LogP contribution in [0.25, 0.3) is 6.08 Å². The number of rotatable bonds is 2. The maximum absolute atomic E-state index is 11.5. The second-order valence-electron chi connectivity index (χ2n) is 5.90. The molecule has 0 atom stereocenters. The number of aryl methyl sites for hydroxylation is 1. The topological polar surface area (TPSA) is 49.7 Å². The zero-order chi connectivity index (χ0) is 15.3. The summed E-state index contributed by atoms with van der Waals surface area (Å²) >= 11 is 0. The van der Waals surface area contributed by atoms with E-state index in [0.29, 0.717) is 12.0 Å². The number of carboxylic acids is 1. The van der Waals surface area contributed by atoms with Crippen molar-refractivity contribution in [3.8, 4) is 0 Å². The van der Waals surface area contributed by atoms with E-state index < -0.39 is 5.97 Å². The molecule has 0 radical (unpaired) electrons. The second-order valence-corrected chi connectivity index (χ2v) is 5.90. The van der Waals surface area contributed by atoms with Gasteiger partial charge in [0.1, 0.15) is 0 Å². The number of benzene rings is 2. The van der Waals surface area contributed by atoms with Gasteiger partial charge in [-0.1, -0.05) is 24.3 Å². The number of allylic oxidation sites excluding steroid dienone is 1. The summed E-state index contributed by atoms with van der Waals surface area (Å²) in [4.78, 5) is 16.2. The highest BCUT2D eigenvalue weighted by molar-refractivity contribution is 6.12. The van der Waals surface area contributed by atoms with Gasteiger partial charge in [-0.2, -0.15) is 0 Å². The van der Waals surface area contributed by atoms with Gasteiger partial charge in [0.15, 0.2) is 0 Å². The van der Waals surface area contributed by atoms with Crippen LogP contribution >= 0.6 is 0 Å². The third-order valence-electron chi connectivity index (χ3n) is 4.34. The van der Waals surface area contributed by atoms with Crippen molar-refractivity contribution in [2.45, 2.75) is 19.8 Å². The Bertz CT molecular complexity index is 875. The molecule has 0 fully saturated rings. The summed E-state index contributed by atoms with van der Waals surface area (Å²) < 4.78 is 0. The Kier molecular flexibility index (Phi) is 2.76. The Balaban J connectivity index is 1.72. The van der Waals surface area contributed by atoms with Crippen LogP contribution in [0.2, 0.25) is 0 Å². The number of fused-ring (bicyclic) bond motifs is 2. The molecule has 3 nitrogen and oxygen atoms in total. The standard InChI is InChI=1S/C19H15NO2/c1-11-6-16(19(21)22)15-10-17(20-18(15)7-11)14-8-12-4-2-3-5-13(12)9-14/h2-8H,9-10H2,1H3,(H,21,22). The molecule has 108 valence electrons. The monoisotopic (exact) mass is 289 g/mol. The summed E-state index contributed by atoms with van der Waals surface area (Å²) in [5, 5.41) is 9.40. The fourth-order valence-corrected chi connectivity index (χ4v) is 3.28. The summed E-state index contributed by atoms with van der Waals surface area (Å²) in [6.07, 6.45) is 3.66. The van der Waals surface area contributed by atoms with Crippen molar-refractivity contribution >= 4 is 23.4 Å². The van der Waals surface area contributed by atoms with E-state index >= 15 is 0 Å². The van der Waals surface area contributed by atoms with Crippen LogP contribution in [-0.2, 0) is 12.8 Å². The lowest BCUT2D eigenvalue weighted by atomic mass is 9.97. The second kappa shape index (κ2) is 4.67. The first-order valence-corrected chi connectivity index (χ1v) is 7.35. The molecule has 0 amide bonds. The molecule has 3 heteroatoms. The SMILES string of the molecule is Cc1cc2c(c(C(=O)O)c1)CC(C1=Cc3ccccc3C1)=N2. The first kappa shape index (κ1) is 13.0. The van der Waals surface area contributed by atoms with Crippen LogP contribution in [0.1, 0.15) is 32.6 Å². The predicted octanol–water partition coefficient (Wildman–Crippen LogP) is 3.96. The van der Waals surface area contributed by atoms with E-state index in [4.69, 9.17) is 4.99 Å². The van der Waals surface area contributed by atoms with Gasteiger partial charge in [0.25, 0.3) is 0 Å². The van der Waals surface area contributed by atoms with Gasteiger partial charge in [0.2, 0.25) is 0 Å². The summed E-state index contributed by atoms with van der Waals surface area (Å²) in [7, 11) is 0. The van der Waals surface area contributed by atoms with Gasteiger partial charge in [-0.05, 0) is 59.4 Å². The molecular weight excluding hydrogens is 274 g/mol. The van der Waals surface area contributed by atoms with Gasteiger partial charge >= 0.3 is 5.97 Å². The van der Waals surface area contributed by atoms with Gasteiger partial charge in [0.05, 0.1) is 11.3 Å². The van der Waals surface area contributed by atoms with Crippen molar-refractivity contribution < 1.29 is 9.90 Å². The predicted molar refractivity (Wildman–Crippen MR) is 87.1 cm³/mol. The van der Waals surface area contributed by atoms with Crippen LogP contribution in [0.15, 0.2) is 47.0 Å². The summed E-state index contributed by atoms with van der Waals surface area (Å²) in [5.74, 6) is -0.875. The Morgan fingerprint density at radius 3 is 2.77 bits per heavy atom. The van der Waals surface area contributed by atoms with Crippen LogP contribution in [0, 0.1) is 6.92 Å². The van der Waals surface area contributed by atoms with Crippen molar-refractivity contribution in [1.82, 2.24) is 0 Å². The highest BCUT2D eigenvalue weighted by Gasteiger charge is 2.25. The highest BCUT2D eigenvalue weighted by Crippen LogP contribution is 2.36.